The lowest BCUT2D eigenvalue weighted by Gasteiger charge is -2.26. The quantitative estimate of drug-likeness (QED) is 0.475. The van der Waals surface area contributed by atoms with Crippen molar-refractivity contribution in [2.75, 3.05) is 4.90 Å². The minimum Gasteiger partial charge on any atom is -0.508 e. The van der Waals surface area contributed by atoms with Crippen LogP contribution in [0.2, 0.25) is 0 Å². The third-order valence-electron chi connectivity index (χ3n) is 3.15. The summed E-state index contributed by atoms with van der Waals surface area (Å²) in [4.78, 5) is 25.4. The van der Waals surface area contributed by atoms with Gasteiger partial charge < -0.3 is 10.2 Å². The number of carbonyl (C=O) groups excluding carboxylic acids is 1. The van der Waals surface area contributed by atoms with Crippen LogP contribution in [0.5, 0.6) is 5.75 Å². The number of hydrogen-bond acceptors (Lipinski definition) is 4. The van der Waals surface area contributed by atoms with Crippen LogP contribution < -0.4 is 4.90 Å². The molecule has 0 aliphatic carbocycles. The van der Waals surface area contributed by atoms with Gasteiger partial charge in [-0.2, -0.15) is 5.26 Å². The second-order valence-corrected chi connectivity index (χ2v) is 4.92. The minimum atomic E-state index is -1.25. The second-order valence-electron chi connectivity index (χ2n) is 4.92. The number of amides is 1. The van der Waals surface area contributed by atoms with Crippen LogP contribution >= 0.6 is 0 Å². The predicted molar refractivity (Wildman–Crippen MR) is 90.1 cm³/mol. The van der Waals surface area contributed by atoms with Crippen LogP contribution in [0.25, 0.3) is 0 Å². The van der Waals surface area contributed by atoms with Crippen LogP contribution in [0, 0.1) is 11.3 Å². The normalized spacial score (nSPS) is 11.5. The van der Waals surface area contributed by atoms with Gasteiger partial charge in [-0.1, -0.05) is 13.5 Å². The van der Waals surface area contributed by atoms with E-state index in [0.717, 1.165) is 12.2 Å². The Morgan fingerprint density at radius 2 is 1.92 bits per heavy atom. The summed E-state index contributed by atoms with van der Waals surface area (Å²) in [7, 11) is 0. The maximum atomic E-state index is 12.6. The molecule has 6 nitrogen and oxygen atoms in total. The molecule has 124 valence electrons. The third-order valence-corrected chi connectivity index (χ3v) is 3.15. The van der Waals surface area contributed by atoms with Crippen molar-refractivity contribution in [2.45, 2.75) is 20.3 Å². The van der Waals surface area contributed by atoms with Gasteiger partial charge in [-0.3, -0.25) is 9.69 Å². The summed E-state index contributed by atoms with van der Waals surface area (Å²) in [5.74, 6) is -1.70. The molecule has 0 heterocycles. The van der Waals surface area contributed by atoms with Crippen molar-refractivity contribution in [1.82, 2.24) is 0 Å². The first kappa shape index (κ1) is 18.7. The standard InChI is InChI=1S/C18H18N2O4/c1-4-16(15(18(23)24)6-5-11-19)20(17(22)12(2)3)13-7-9-14(21)10-8-13/h5-10,21H,2,4H2,1,3H3,(H,23,24). The summed E-state index contributed by atoms with van der Waals surface area (Å²) < 4.78 is 0. The van der Waals surface area contributed by atoms with E-state index in [2.05, 4.69) is 6.58 Å². The summed E-state index contributed by atoms with van der Waals surface area (Å²) in [5.41, 5.74) is 0.666. The number of aromatic hydroxyl groups is 1. The highest BCUT2D eigenvalue weighted by Crippen LogP contribution is 2.27. The number of phenols is 1. The maximum absolute atomic E-state index is 12.6. The SMILES string of the molecule is C=C(C)C(=O)N(C(CC)=C(C=CC#N)C(=O)O)c1ccc(O)cc1. The number of aliphatic carboxylic acids is 1. The first-order valence-electron chi connectivity index (χ1n) is 7.15. The Morgan fingerprint density at radius 3 is 2.33 bits per heavy atom. The van der Waals surface area contributed by atoms with E-state index in [1.807, 2.05) is 0 Å². The molecule has 1 amide bonds. The molecule has 0 spiro atoms. The van der Waals surface area contributed by atoms with Crippen molar-refractivity contribution in [1.29, 1.82) is 5.26 Å². The highest BCUT2D eigenvalue weighted by molar-refractivity contribution is 6.08. The van der Waals surface area contributed by atoms with Crippen molar-refractivity contribution in [3.63, 3.8) is 0 Å². The van der Waals surface area contributed by atoms with Gasteiger partial charge in [0.25, 0.3) is 5.91 Å². The lowest BCUT2D eigenvalue weighted by atomic mass is 10.1. The number of anilines is 1. The van der Waals surface area contributed by atoms with Crippen LogP contribution in [-0.4, -0.2) is 22.1 Å². The molecule has 0 atom stereocenters. The van der Waals surface area contributed by atoms with Gasteiger partial charge in [-0.15, -0.1) is 0 Å². The fraction of sp³-hybridized carbons (Fsp3) is 0.167. The molecule has 2 N–H and O–H groups in total. The van der Waals surface area contributed by atoms with E-state index < -0.39 is 11.9 Å². The van der Waals surface area contributed by atoms with Gasteiger partial charge in [0.05, 0.1) is 11.6 Å². The minimum absolute atomic E-state index is 0.0198. The number of phenolic OH excluding ortho intramolecular Hbond substituents is 1. The van der Waals surface area contributed by atoms with Gasteiger partial charge in [0.1, 0.15) is 5.75 Å². The molecule has 1 aromatic carbocycles. The molecule has 0 unspecified atom stereocenters. The van der Waals surface area contributed by atoms with E-state index in [4.69, 9.17) is 5.26 Å². The molecule has 0 saturated heterocycles. The van der Waals surface area contributed by atoms with E-state index in [-0.39, 0.29) is 29.0 Å². The average Bonchev–Trinajstić information content (AvgIpc) is 2.54. The maximum Gasteiger partial charge on any atom is 0.337 e. The van der Waals surface area contributed by atoms with Gasteiger partial charge in [0.2, 0.25) is 0 Å². The summed E-state index contributed by atoms with van der Waals surface area (Å²) in [5, 5.41) is 27.5. The molecule has 0 aliphatic rings. The molecule has 0 saturated carbocycles. The van der Waals surface area contributed by atoms with Gasteiger partial charge >= 0.3 is 5.97 Å². The Balaban J connectivity index is 3.66. The lowest BCUT2D eigenvalue weighted by molar-refractivity contribution is -0.132. The van der Waals surface area contributed by atoms with Crippen molar-refractivity contribution in [3.8, 4) is 11.8 Å². The number of nitriles is 1. The molecule has 0 aromatic heterocycles. The Labute approximate surface area is 140 Å². The Hall–Kier alpha value is -3.33. The summed E-state index contributed by atoms with van der Waals surface area (Å²) in [6.07, 6.45) is 2.43. The largest absolute Gasteiger partial charge is 0.508 e. The Morgan fingerprint density at radius 1 is 1.33 bits per heavy atom. The molecule has 0 bridgehead atoms. The highest BCUT2D eigenvalue weighted by atomic mass is 16.4. The van der Waals surface area contributed by atoms with Crippen LogP contribution in [0.3, 0.4) is 0 Å². The zero-order chi connectivity index (χ0) is 18.3. The van der Waals surface area contributed by atoms with E-state index in [1.54, 1.807) is 13.0 Å². The fourth-order valence-electron chi connectivity index (χ4n) is 2.07. The molecule has 1 rings (SSSR count). The summed E-state index contributed by atoms with van der Waals surface area (Å²) >= 11 is 0. The molecule has 6 heteroatoms. The number of carboxylic acids is 1. The topological polar surface area (TPSA) is 102 Å². The van der Waals surface area contributed by atoms with E-state index in [9.17, 15) is 19.8 Å². The van der Waals surface area contributed by atoms with Crippen LogP contribution in [0.15, 0.2) is 59.8 Å². The smallest absolute Gasteiger partial charge is 0.337 e. The Kier molecular flexibility index (Phi) is 6.51. The first-order valence-corrected chi connectivity index (χ1v) is 7.15. The number of carbonyl (C=O) groups is 2. The van der Waals surface area contributed by atoms with Crippen LogP contribution in [0.4, 0.5) is 5.69 Å². The number of allylic oxidation sites excluding steroid dienone is 2. The lowest BCUT2D eigenvalue weighted by Crippen LogP contribution is -2.32. The first-order chi connectivity index (χ1) is 11.3. The average molecular weight is 326 g/mol. The van der Waals surface area contributed by atoms with E-state index >= 15 is 0 Å². The van der Waals surface area contributed by atoms with Crippen molar-refractivity contribution in [3.05, 3.63) is 59.8 Å². The van der Waals surface area contributed by atoms with Gasteiger partial charge in [-0.25, -0.2) is 4.79 Å². The van der Waals surface area contributed by atoms with Gasteiger partial charge in [-0.05, 0) is 43.7 Å². The van der Waals surface area contributed by atoms with Crippen molar-refractivity contribution in [2.24, 2.45) is 0 Å². The molecule has 0 aliphatic heterocycles. The van der Waals surface area contributed by atoms with Crippen molar-refractivity contribution >= 4 is 17.6 Å². The number of carboxylic acid groups (broad SMARTS) is 1. The number of benzene rings is 1. The molecule has 0 radical (unpaired) electrons. The number of rotatable bonds is 6. The zero-order valence-corrected chi connectivity index (χ0v) is 13.5. The monoisotopic (exact) mass is 326 g/mol. The van der Waals surface area contributed by atoms with Gasteiger partial charge in [0, 0.05) is 23.0 Å². The van der Waals surface area contributed by atoms with Crippen LogP contribution in [-0.2, 0) is 9.59 Å². The zero-order valence-electron chi connectivity index (χ0n) is 13.5. The predicted octanol–water partition coefficient (Wildman–Crippen LogP) is 3.13. The van der Waals surface area contributed by atoms with Gasteiger partial charge in [0.15, 0.2) is 0 Å². The van der Waals surface area contributed by atoms with Crippen molar-refractivity contribution < 1.29 is 19.8 Å². The Bertz CT molecular complexity index is 752. The number of hydrogen-bond donors (Lipinski definition) is 2. The molecular formula is C18H18N2O4. The fourth-order valence-corrected chi connectivity index (χ4v) is 2.07. The third kappa shape index (κ3) is 4.34. The molecule has 1 aromatic rings. The molecule has 24 heavy (non-hydrogen) atoms. The van der Waals surface area contributed by atoms with E-state index in [1.165, 1.54) is 36.1 Å². The van der Waals surface area contributed by atoms with Crippen LogP contribution in [0.1, 0.15) is 20.3 Å². The molecular weight excluding hydrogens is 308 g/mol. The van der Waals surface area contributed by atoms with E-state index in [0.29, 0.717) is 5.69 Å². The molecule has 0 fully saturated rings. The second kappa shape index (κ2) is 8.34. The number of nitrogens with zero attached hydrogens (tertiary/aromatic N) is 2. The summed E-state index contributed by atoms with van der Waals surface area (Å²) in [6.45, 7) is 6.85. The highest BCUT2D eigenvalue weighted by Gasteiger charge is 2.24. The summed E-state index contributed by atoms with van der Waals surface area (Å²) in [6, 6.07) is 7.53.